The van der Waals surface area contributed by atoms with Crippen LogP contribution in [0.4, 0.5) is 0 Å². The van der Waals surface area contributed by atoms with E-state index < -0.39 is 0 Å². The smallest absolute Gasteiger partial charge is 0.236 e. The predicted molar refractivity (Wildman–Crippen MR) is 112 cm³/mol. The first-order valence-electron chi connectivity index (χ1n) is 8.65. The minimum Gasteiger partial charge on any atom is -0.236 e. The van der Waals surface area contributed by atoms with Crippen molar-refractivity contribution < 1.29 is 4.57 Å². The van der Waals surface area contributed by atoms with Crippen LogP contribution in [0.5, 0.6) is 0 Å². The zero-order valence-corrected chi connectivity index (χ0v) is 17.0. The number of rotatable bonds is 0. The summed E-state index contributed by atoms with van der Waals surface area (Å²) in [5.41, 5.74) is 6.84. The first-order chi connectivity index (χ1) is 11.9. The maximum atomic E-state index is 2.50. The van der Waals surface area contributed by atoms with Crippen LogP contribution in [0.1, 0.15) is 30.5 Å². The van der Waals surface area contributed by atoms with Crippen LogP contribution in [0.3, 0.4) is 0 Å². The highest BCUT2D eigenvalue weighted by Gasteiger charge is 2.41. The summed E-state index contributed by atoms with van der Waals surface area (Å²) in [7, 11) is 2.16. The van der Waals surface area contributed by atoms with Gasteiger partial charge in [0.15, 0.2) is 0 Å². The lowest BCUT2D eigenvalue weighted by Crippen LogP contribution is -2.40. The van der Waals surface area contributed by atoms with Crippen LogP contribution in [-0.4, -0.2) is 4.57 Å². The quantitative estimate of drug-likeness (QED) is 0.264. The fourth-order valence-corrected chi connectivity index (χ4v) is 4.96. The van der Waals surface area contributed by atoms with Crippen LogP contribution in [0.15, 0.2) is 48.7 Å². The number of halogens is 1. The van der Waals surface area contributed by atoms with E-state index >= 15 is 0 Å². The summed E-state index contributed by atoms with van der Waals surface area (Å²) in [4.78, 5) is 0. The number of aryl methyl sites for hydroxylation is 2. The molecule has 25 heavy (non-hydrogen) atoms. The predicted octanol–water partition coefficient (Wildman–Crippen LogP) is 5.16. The summed E-state index contributed by atoms with van der Waals surface area (Å²) >= 11 is 2.45. The van der Waals surface area contributed by atoms with Crippen LogP contribution < -0.4 is 4.57 Å². The summed E-state index contributed by atoms with van der Waals surface area (Å²) in [5, 5.41) is 2.71. The summed E-state index contributed by atoms with van der Waals surface area (Å²) in [6.07, 6.45) is 2.16. The number of benzene rings is 2. The molecule has 124 valence electrons. The second-order valence-corrected chi connectivity index (χ2v) is 8.75. The van der Waals surface area contributed by atoms with Crippen LogP contribution in [0.2, 0.25) is 0 Å². The zero-order chi connectivity index (χ0) is 17.5. The molecule has 2 aromatic heterocycles. The Bertz CT molecular complexity index is 1200. The van der Waals surface area contributed by atoms with Crippen molar-refractivity contribution in [2.75, 3.05) is 0 Å². The number of pyridine rings is 1. The maximum Gasteiger partial charge on any atom is 0.290 e. The average Bonchev–Trinajstić information content (AvgIpc) is 2.92. The largest absolute Gasteiger partial charge is 0.290 e. The molecule has 0 saturated heterocycles. The molecule has 1 aliphatic heterocycles. The average molecular weight is 439 g/mol. The highest BCUT2D eigenvalue weighted by molar-refractivity contribution is 14.1. The molecule has 0 spiro atoms. The Morgan fingerprint density at radius 1 is 0.920 bits per heavy atom. The van der Waals surface area contributed by atoms with Crippen molar-refractivity contribution in [1.29, 1.82) is 0 Å². The van der Waals surface area contributed by atoms with Crippen molar-refractivity contribution >= 4 is 44.4 Å². The molecule has 0 atom stereocenters. The Morgan fingerprint density at radius 2 is 1.64 bits per heavy atom. The van der Waals surface area contributed by atoms with Gasteiger partial charge in [0.2, 0.25) is 0 Å². The van der Waals surface area contributed by atoms with Crippen molar-refractivity contribution in [2.24, 2.45) is 7.05 Å². The number of aromatic nitrogens is 2. The van der Waals surface area contributed by atoms with Crippen molar-refractivity contribution in [2.45, 2.75) is 26.2 Å². The molecule has 0 amide bonds. The van der Waals surface area contributed by atoms with Gasteiger partial charge in [-0.25, -0.2) is 4.57 Å². The van der Waals surface area contributed by atoms with Crippen molar-refractivity contribution in [3.8, 4) is 5.82 Å². The van der Waals surface area contributed by atoms with E-state index in [4.69, 9.17) is 0 Å². The number of hydrogen-bond donors (Lipinski definition) is 0. The third-order valence-corrected chi connectivity index (χ3v) is 7.01. The highest BCUT2D eigenvalue weighted by Crippen LogP contribution is 2.46. The normalized spacial score (nSPS) is 14.9. The molecular weight excluding hydrogens is 419 g/mol. The van der Waals surface area contributed by atoms with Gasteiger partial charge >= 0.3 is 0 Å². The molecule has 0 saturated carbocycles. The van der Waals surface area contributed by atoms with E-state index in [9.17, 15) is 0 Å². The van der Waals surface area contributed by atoms with Gasteiger partial charge in [-0.3, -0.25) is 0 Å². The number of fused-ring (bicyclic) bond motifs is 5. The number of hydrogen-bond acceptors (Lipinski definition) is 0. The summed E-state index contributed by atoms with van der Waals surface area (Å²) in [6, 6.07) is 15.8. The van der Waals surface area contributed by atoms with Crippen molar-refractivity contribution in [1.82, 2.24) is 4.57 Å². The van der Waals surface area contributed by atoms with E-state index in [1.807, 2.05) is 0 Å². The van der Waals surface area contributed by atoms with Crippen LogP contribution >= 0.6 is 22.6 Å². The second-order valence-electron chi connectivity index (χ2n) is 7.59. The molecule has 0 aliphatic carbocycles. The molecule has 2 aromatic carbocycles. The Balaban J connectivity index is 2.18. The molecule has 0 unspecified atom stereocenters. The Morgan fingerprint density at radius 3 is 2.44 bits per heavy atom. The third-order valence-electron chi connectivity index (χ3n) is 5.84. The van der Waals surface area contributed by atoms with E-state index in [2.05, 4.69) is 108 Å². The number of nitrogens with zero attached hydrogens (tertiary/aromatic N) is 2. The van der Waals surface area contributed by atoms with Gasteiger partial charge in [-0.1, -0.05) is 26.0 Å². The van der Waals surface area contributed by atoms with E-state index in [1.165, 1.54) is 47.9 Å². The zero-order valence-electron chi connectivity index (χ0n) is 14.9. The fourth-order valence-electron chi connectivity index (χ4n) is 4.53. The van der Waals surface area contributed by atoms with Crippen LogP contribution in [0, 0.1) is 10.5 Å². The highest BCUT2D eigenvalue weighted by atomic mass is 127. The molecule has 2 nitrogen and oxygen atoms in total. The molecule has 0 bridgehead atoms. The molecule has 4 aromatic rings. The summed E-state index contributed by atoms with van der Waals surface area (Å²) in [5.74, 6) is 1.29. The molecule has 0 radical (unpaired) electrons. The lowest BCUT2D eigenvalue weighted by Gasteiger charge is -2.30. The molecular formula is C22H20IN2+. The first-order valence-corrected chi connectivity index (χ1v) is 9.73. The Labute approximate surface area is 161 Å². The van der Waals surface area contributed by atoms with Crippen molar-refractivity contribution in [3.05, 3.63) is 68.9 Å². The van der Waals surface area contributed by atoms with E-state index in [-0.39, 0.29) is 5.41 Å². The molecule has 3 heterocycles. The second kappa shape index (κ2) is 4.85. The third kappa shape index (κ3) is 1.77. The molecule has 5 rings (SSSR count). The van der Waals surface area contributed by atoms with Gasteiger partial charge in [-0.15, -0.1) is 0 Å². The van der Waals surface area contributed by atoms with Gasteiger partial charge in [-0.05, 0) is 59.8 Å². The lowest BCUT2D eigenvalue weighted by molar-refractivity contribution is -0.666. The topological polar surface area (TPSA) is 8.81 Å². The first kappa shape index (κ1) is 15.4. The van der Waals surface area contributed by atoms with Crippen LogP contribution in [-0.2, 0) is 12.5 Å². The number of para-hydroxylation sites is 1. The van der Waals surface area contributed by atoms with Gasteiger partial charge < -0.3 is 0 Å². The minimum atomic E-state index is -0.0146. The van der Waals surface area contributed by atoms with Crippen molar-refractivity contribution in [3.63, 3.8) is 0 Å². The van der Waals surface area contributed by atoms with E-state index in [0.717, 1.165) is 0 Å². The van der Waals surface area contributed by atoms with Gasteiger partial charge in [0.1, 0.15) is 11.0 Å². The van der Waals surface area contributed by atoms with E-state index in [0.29, 0.717) is 0 Å². The monoisotopic (exact) mass is 439 g/mol. The van der Waals surface area contributed by atoms with Crippen LogP contribution in [0.25, 0.3) is 27.6 Å². The standard InChI is InChI=1S/C22H20IN2/c1-13-18(23)11-10-15-14-7-5-8-16-20(14)25(19(13)15)21-17(22(16,2)3)9-6-12-24(21)4/h5-12H,1-4H3/q+1. The SMILES string of the molecule is Cc1c(I)ccc2c3cccc4c3n(c12)-c1c(ccc[n+]1C)C4(C)C. The van der Waals surface area contributed by atoms with Gasteiger partial charge in [-0.2, -0.15) is 4.57 Å². The lowest BCUT2D eigenvalue weighted by atomic mass is 9.75. The van der Waals surface area contributed by atoms with Gasteiger partial charge in [0, 0.05) is 30.9 Å². The summed E-state index contributed by atoms with van der Waals surface area (Å²) < 4.78 is 6.08. The van der Waals surface area contributed by atoms with E-state index in [1.54, 1.807) is 0 Å². The Kier molecular flexibility index (Phi) is 2.98. The Hall–Kier alpha value is -1.88. The molecule has 0 N–H and O–H groups in total. The fraction of sp³-hybridized carbons (Fsp3) is 0.227. The molecule has 3 heteroatoms. The molecule has 0 fully saturated rings. The summed E-state index contributed by atoms with van der Waals surface area (Å²) in [6.45, 7) is 6.94. The van der Waals surface area contributed by atoms with Gasteiger partial charge in [0.05, 0.1) is 18.8 Å². The minimum absolute atomic E-state index is 0.0146. The maximum absolute atomic E-state index is 2.50. The van der Waals surface area contributed by atoms with Gasteiger partial charge in [0.25, 0.3) is 5.82 Å². The molecule has 1 aliphatic rings.